The van der Waals surface area contributed by atoms with E-state index in [4.69, 9.17) is 9.47 Å². The molecule has 0 aromatic rings. The predicted molar refractivity (Wildman–Crippen MR) is 121 cm³/mol. The van der Waals surface area contributed by atoms with E-state index >= 15 is 0 Å². The number of carbonyl (C=O) groups excluding carboxylic acids is 2. The fourth-order valence-electron chi connectivity index (χ4n) is 3.55. The number of carbonyl (C=O) groups is 2. The van der Waals surface area contributed by atoms with Gasteiger partial charge >= 0.3 is 182 Å². The molecule has 1 atom stereocenters. The molecule has 0 aromatic heterocycles. The summed E-state index contributed by atoms with van der Waals surface area (Å²) in [5, 5.41) is 0. The minimum atomic E-state index is -2.49. The van der Waals surface area contributed by atoms with Crippen LogP contribution in [0.3, 0.4) is 0 Å². The number of ether oxygens (including phenoxy) is 2. The first kappa shape index (κ1) is 26.1. The van der Waals surface area contributed by atoms with Gasteiger partial charge in [0.05, 0.1) is 0 Å². The van der Waals surface area contributed by atoms with Crippen molar-refractivity contribution in [3.8, 4) is 9.86 Å². The van der Waals surface area contributed by atoms with Crippen molar-refractivity contribution < 1.29 is 19.1 Å². The molecule has 29 heavy (non-hydrogen) atoms. The van der Waals surface area contributed by atoms with E-state index < -0.39 is 36.2 Å². The third kappa shape index (κ3) is 9.63. The first-order valence-corrected chi connectivity index (χ1v) is 18.9. The van der Waals surface area contributed by atoms with Crippen LogP contribution < -0.4 is 0 Å². The number of rotatable bonds is 10. The summed E-state index contributed by atoms with van der Waals surface area (Å²) >= 11 is -2.49. The Morgan fingerprint density at radius 2 is 1.62 bits per heavy atom. The minimum absolute atomic E-state index is 0.226. The van der Waals surface area contributed by atoms with Crippen molar-refractivity contribution in [2.24, 2.45) is 0 Å². The molecule has 1 aliphatic rings. The van der Waals surface area contributed by atoms with Crippen LogP contribution in [0.15, 0.2) is 0 Å². The van der Waals surface area contributed by atoms with E-state index in [1.165, 1.54) is 51.8 Å². The van der Waals surface area contributed by atoms with Gasteiger partial charge in [0.1, 0.15) is 0 Å². The molecule has 2 amide bonds. The fraction of sp³-hybridized carbons (Fsp3) is 0.826. The van der Waals surface area contributed by atoms with Crippen molar-refractivity contribution in [3.63, 3.8) is 0 Å². The molecule has 166 valence electrons. The second kappa shape index (κ2) is 12.7. The van der Waals surface area contributed by atoms with Gasteiger partial charge in [0.25, 0.3) is 0 Å². The SMILES string of the molecule is CCC[CH2][Sn]([C]#CCC1CN(C(=O)OC(C)(C)C)C(=O)O1)([CH2]CCC)[CH2]CCC. The standard InChI is InChI=1S/C11H14NO4.3C4H9.Sn/c1-5-6-8-7-12(9(13)15-8)10(14)16-11(2,3)4;3*1-3-4-2;/h8H,6-7H2,2-4H3;3*1,3-4H2,2H3;. The monoisotopic (exact) mass is 515 g/mol. The average molecular weight is 514 g/mol. The van der Waals surface area contributed by atoms with Gasteiger partial charge in [-0.25, -0.2) is 0 Å². The van der Waals surface area contributed by atoms with Crippen LogP contribution >= 0.6 is 0 Å². The third-order valence-corrected chi connectivity index (χ3v) is 18.4. The molecule has 0 bridgehead atoms. The second-order valence-electron chi connectivity index (χ2n) is 9.19. The van der Waals surface area contributed by atoms with Gasteiger partial charge in [-0.15, -0.1) is 0 Å². The Hall–Kier alpha value is -0.901. The summed E-state index contributed by atoms with van der Waals surface area (Å²) in [6, 6.07) is 0. The molecule has 1 fully saturated rings. The molecule has 0 saturated carbocycles. The van der Waals surface area contributed by atoms with Gasteiger partial charge < -0.3 is 0 Å². The zero-order valence-corrected chi connectivity index (χ0v) is 22.3. The fourth-order valence-corrected chi connectivity index (χ4v) is 16.9. The van der Waals surface area contributed by atoms with Crippen LogP contribution in [0, 0.1) is 9.86 Å². The zero-order chi connectivity index (χ0) is 21.9. The molecule has 6 heteroatoms. The zero-order valence-electron chi connectivity index (χ0n) is 19.4. The first-order valence-electron chi connectivity index (χ1n) is 11.4. The Labute approximate surface area is 182 Å². The normalized spacial score (nSPS) is 17.0. The molecule has 0 aromatic carbocycles. The van der Waals surface area contributed by atoms with Crippen LogP contribution in [-0.4, -0.2) is 53.7 Å². The quantitative estimate of drug-likeness (QED) is 0.246. The van der Waals surface area contributed by atoms with Gasteiger partial charge in [-0.3, -0.25) is 0 Å². The number of hydrogen-bond donors (Lipinski definition) is 0. The summed E-state index contributed by atoms with van der Waals surface area (Å²) in [4.78, 5) is 25.3. The maximum atomic E-state index is 12.2. The van der Waals surface area contributed by atoms with Crippen LogP contribution in [0.5, 0.6) is 0 Å². The Bertz CT molecular complexity index is 566. The van der Waals surface area contributed by atoms with E-state index in [0.29, 0.717) is 6.42 Å². The number of imide groups is 1. The van der Waals surface area contributed by atoms with Crippen molar-refractivity contribution >= 4 is 30.6 Å². The third-order valence-electron chi connectivity index (χ3n) is 5.20. The molecule has 1 heterocycles. The number of nitrogens with zero attached hydrogens (tertiary/aromatic N) is 1. The summed E-state index contributed by atoms with van der Waals surface area (Å²) in [6.45, 7) is 12.3. The van der Waals surface area contributed by atoms with Crippen LogP contribution in [0.1, 0.15) is 86.5 Å². The van der Waals surface area contributed by atoms with E-state index in [9.17, 15) is 9.59 Å². The van der Waals surface area contributed by atoms with Crippen LogP contribution in [-0.2, 0) is 9.47 Å². The number of amides is 2. The van der Waals surface area contributed by atoms with Gasteiger partial charge in [0.15, 0.2) is 0 Å². The van der Waals surface area contributed by atoms with Gasteiger partial charge in [-0.1, -0.05) is 0 Å². The molecule has 0 aliphatic carbocycles. The van der Waals surface area contributed by atoms with Crippen LogP contribution in [0.2, 0.25) is 13.3 Å². The summed E-state index contributed by atoms with van der Waals surface area (Å²) in [6.07, 6.45) is 6.42. The first-order chi connectivity index (χ1) is 13.7. The molecular formula is C23H41NO4Sn. The van der Waals surface area contributed by atoms with E-state index in [2.05, 4.69) is 30.6 Å². The summed E-state index contributed by atoms with van der Waals surface area (Å²) in [5.41, 5.74) is -0.638. The molecule has 0 radical (unpaired) electrons. The summed E-state index contributed by atoms with van der Waals surface area (Å²) in [7, 11) is 0. The molecule has 0 spiro atoms. The number of cyclic esters (lactones) is 1. The molecule has 1 rings (SSSR count). The number of unbranched alkanes of at least 4 members (excludes halogenated alkanes) is 3. The average Bonchev–Trinajstić information content (AvgIpc) is 3.02. The van der Waals surface area contributed by atoms with Gasteiger partial charge in [0, 0.05) is 0 Å². The molecule has 1 aliphatic heterocycles. The van der Waals surface area contributed by atoms with Crippen molar-refractivity contribution in [3.05, 3.63) is 0 Å². The molecule has 1 saturated heterocycles. The van der Waals surface area contributed by atoms with E-state index in [0.717, 1.165) is 4.90 Å². The Balaban J connectivity index is 2.79. The molecular weight excluding hydrogens is 473 g/mol. The van der Waals surface area contributed by atoms with Crippen LogP contribution in [0.25, 0.3) is 0 Å². The second-order valence-corrected chi connectivity index (χ2v) is 21.5. The van der Waals surface area contributed by atoms with E-state index in [1.807, 2.05) is 0 Å². The Morgan fingerprint density at radius 3 is 2.07 bits per heavy atom. The topological polar surface area (TPSA) is 55.8 Å². The van der Waals surface area contributed by atoms with Gasteiger partial charge in [0.2, 0.25) is 0 Å². The molecule has 5 nitrogen and oxygen atoms in total. The number of hydrogen-bond acceptors (Lipinski definition) is 4. The van der Waals surface area contributed by atoms with Crippen molar-refractivity contribution in [1.29, 1.82) is 0 Å². The summed E-state index contributed by atoms with van der Waals surface area (Å²) in [5.74, 6) is 3.41. The Kier molecular flexibility index (Phi) is 11.5. The maximum absolute atomic E-state index is 12.2. The van der Waals surface area contributed by atoms with Crippen molar-refractivity contribution in [2.45, 2.75) is 112 Å². The summed E-state index contributed by atoms with van der Waals surface area (Å²) < 4.78 is 18.5. The molecule has 1 unspecified atom stereocenters. The van der Waals surface area contributed by atoms with E-state index in [1.54, 1.807) is 20.8 Å². The molecule has 0 N–H and O–H groups in total. The van der Waals surface area contributed by atoms with Crippen molar-refractivity contribution in [2.75, 3.05) is 6.54 Å². The van der Waals surface area contributed by atoms with Gasteiger partial charge in [-0.05, 0) is 0 Å². The van der Waals surface area contributed by atoms with Crippen molar-refractivity contribution in [1.82, 2.24) is 4.90 Å². The van der Waals surface area contributed by atoms with E-state index in [-0.39, 0.29) is 12.6 Å². The Morgan fingerprint density at radius 1 is 1.10 bits per heavy atom. The van der Waals surface area contributed by atoms with Gasteiger partial charge in [-0.2, -0.15) is 0 Å². The predicted octanol–water partition coefficient (Wildman–Crippen LogP) is 6.52. The van der Waals surface area contributed by atoms with Crippen LogP contribution in [0.4, 0.5) is 9.59 Å².